The van der Waals surface area contributed by atoms with Crippen LogP contribution in [0.15, 0.2) is 24.5 Å². The zero-order valence-corrected chi connectivity index (χ0v) is 19.2. The van der Waals surface area contributed by atoms with Gasteiger partial charge in [0.1, 0.15) is 0 Å². The van der Waals surface area contributed by atoms with Crippen LogP contribution in [0, 0.1) is 17.3 Å². The van der Waals surface area contributed by atoms with Crippen molar-refractivity contribution in [1.29, 1.82) is 0 Å². The van der Waals surface area contributed by atoms with E-state index in [1.807, 2.05) is 18.5 Å². The minimum absolute atomic E-state index is 0.228. The quantitative estimate of drug-likeness (QED) is 0.537. The molecule has 0 unspecified atom stereocenters. The highest BCUT2D eigenvalue weighted by Crippen LogP contribution is 2.42. The Balaban J connectivity index is 0.000000271. The average Bonchev–Trinajstić information content (AvgIpc) is 3.27. The maximum absolute atomic E-state index is 10.6. The summed E-state index contributed by atoms with van der Waals surface area (Å²) in [6, 6.07) is 4.18. The van der Waals surface area contributed by atoms with E-state index in [0.29, 0.717) is 5.92 Å². The molecule has 8 nitrogen and oxygen atoms in total. The minimum Gasteiger partial charge on any atom is -0.475 e. The molecule has 0 bridgehead atoms. The summed E-state index contributed by atoms with van der Waals surface area (Å²) < 4.78 is 75.4. The van der Waals surface area contributed by atoms with Crippen LogP contribution in [0.1, 0.15) is 24.8 Å². The van der Waals surface area contributed by atoms with E-state index in [0.717, 1.165) is 52.0 Å². The molecule has 1 aromatic rings. The summed E-state index contributed by atoms with van der Waals surface area (Å²) in [7, 11) is 0. The Morgan fingerprint density at radius 2 is 1.75 bits per heavy atom. The van der Waals surface area contributed by atoms with E-state index >= 15 is 0 Å². The number of rotatable bonds is 6. The maximum Gasteiger partial charge on any atom is 0.490 e. The first kappa shape index (κ1) is 29.8. The van der Waals surface area contributed by atoms with Crippen LogP contribution in [0.25, 0.3) is 0 Å². The van der Waals surface area contributed by atoms with Gasteiger partial charge in [0.2, 0.25) is 0 Å². The van der Waals surface area contributed by atoms with E-state index in [1.165, 1.54) is 24.8 Å². The van der Waals surface area contributed by atoms with Crippen LogP contribution >= 0.6 is 0 Å². The SMILES string of the molecule is O=C(O)C(F)(F)F.O=C(O)C(F)(F)F.c1cncc(CN2C[C@@H]3COC[C@]3(COCC3CCC3)C2)c1. The Labute approximate surface area is 203 Å². The molecule has 4 rings (SSSR count). The molecule has 3 heterocycles. The Morgan fingerprint density at radius 1 is 1.14 bits per heavy atom. The lowest BCUT2D eigenvalue weighted by Crippen LogP contribution is -2.36. The molecule has 36 heavy (non-hydrogen) atoms. The number of nitrogens with zero attached hydrogens (tertiary/aromatic N) is 2. The van der Waals surface area contributed by atoms with E-state index in [4.69, 9.17) is 29.3 Å². The number of carboxylic acid groups (broad SMARTS) is 2. The summed E-state index contributed by atoms with van der Waals surface area (Å²) in [4.78, 5) is 24.6. The standard InChI is InChI=1S/C18H26N2O2.2C2HF3O2/c1-3-15(4-1)10-21-13-18-12-20(9-17(18)11-22-14-18)8-16-5-2-6-19-7-16;2*3-2(4,5)1(6)7/h2,5-7,15,17H,1,3-4,8-14H2;2*(H,6,7)/t17-,18-;;/m1../s1. The van der Waals surface area contributed by atoms with Gasteiger partial charge in [-0.05, 0) is 30.4 Å². The van der Waals surface area contributed by atoms with E-state index in [2.05, 4.69) is 16.0 Å². The van der Waals surface area contributed by atoms with Crippen molar-refractivity contribution in [2.45, 2.75) is 38.2 Å². The fourth-order valence-corrected chi connectivity index (χ4v) is 4.11. The highest BCUT2D eigenvalue weighted by molar-refractivity contribution is 5.73. The van der Waals surface area contributed by atoms with Gasteiger partial charge in [0.15, 0.2) is 0 Å². The van der Waals surface area contributed by atoms with Gasteiger partial charge < -0.3 is 19.7 Å². The molecule has 3 fully saturated rings. The molecule has 0 amide bonds. The topological polar surface area (TPSA) is 109 Å². The van der Waals surface area contributed by atoms with Crippen molar-refractivity contribution in [2.24, 2.45) is 17.3 Å². The van der Waals surface area contributed by atoms with Crippen LogP contribution in [0.4, 0.5) is 26.3 Å². The molecule has 0 spiro atoms. The normalized spacial score (nSPS) is 24.0. The van der Waals surface area contributed by atoms with Gasteiger partial charge in [-0.3, -0.25) is 9.88 Å². The second kappa shape index (κ2) is 12.7. The monoisotopic (exact) mass is 530 g/mol. The van der Waals surface area contributed by atoms with Gasteiger partial charge in [-0.25, -0.2) is 9.59 Å². The van der Waals surface area contributed by atoms with E-state index < -0.39 is 24.3 Å². The first-order valence-corrected chi connectivity index (χ1v) is 11.1. The summed E-state index contributed by atoms with van der Waals surface area (Å²) in [6.45, 7) is 6.81. The lowest BCUT2D eigenvalue weighted by Gasteiger charge is -2.30. The largest absolute Gasteiger partial charge is 0.490 e. The van der Waals surface area contributed by atoms with Gasteiger partial charge in [0.25, 0.3) is 0 Å². The van der Waals surface area contributed by atoms with Gasteiger partial charge >= 0.3 is 24.3 Å². The van der Waals surface area contributed by atoms with Crippen molar-refractivity contribution in [3.63, 3.8) is 0 Å². The molecular formula is C22H28F6N2O6. The molecule has 2 saturated heterocycles. The first-order valence-electron chi connectivity index (χ1n) is 11.1. The zero-order chi connectivity index (χ0) is 27.0. The maximum atomic E-state index is 10.6. The van der Waals surface area contributed by atoms with Crippen LogP contribution < -0.4 is 0 Å². The van der Waals surface area contributed by atoms with Crippen LogP contribution in [-0.2, 0) is 25.6 Å². The number of pyridine rings is 1. The van der Waals surface area contributed by atoms with E-state index in [9.17, 15) is 26.3 Å². The second-order valence-corrected chi connectivity index (χ2v) is 9.02. The molecule has 2 atom stereocenters. The molecular weight excluding hydrogens is 502 g/mol. The minimum atomic E-state index is -5.08. The molecule has 1 aromatic heterocycles. The van der Waals surface area contributed by atoms with Crippen molar-refractivity contribution >= 4 is 11.9 Å². The highest BCUT2D eigenvalue weighted by atomic mass is 19.4. The number of likely N-dealkylation sites (tertiary alicyclic amines) is 1. The molecule has 3 aliphatic rings. The lowest BCUT2D eigenvalue weighted by atomic mass is 9.81. The number of aliphatic carboxylic acids is 2. The number of aromatic nitrogens is 1. The molecule has 2 aliphatic heterocycles. The molecule has 2 N–H and O–H groups in total. The molecule has 1 aliphatic carbocycles. The Kier molecular flexibility index (Phi) is 10.5. The predicted molar refractivity (Wildman–Crippen MR) is 112 cm³/mol. The summed E-state index contributed by atoms with van der Waals surface area (Å²) in [5.41, 5.74) is 1.53. The number of carboxylic acids is 2. The summed E-state index contributed by atoms with van der Waals surface area (Å²) in [5.74, 6) is -4.06. The van der Waals surface area contributed by atoms with Crippen molar-refractivity contribution in [3.8, 4) is 0 Å². The van der Waals surface area contributed by atoms with Crippen molar-refractivity contribution < 1.29 is 55.6 Å². The van der Waals surface area contributed by atoms with E-state index in [1.54, 1.807) is 0 Å². The fraction of sp³-hybridized carbons (Fsp3) is 0.682. The van der Waals surface area contributed by atoms with Crippen LogP contribution in [0.5, 0.6) is 0 Å². The van der Waals surface area contributed by atoms with Gasteiger partial charge in [-0.1, -0.05) is 12.5 Å². The number of fused-ring (bicyclic) bond motifs is 1. The summed E-state index contributed by atoms with van der Waals surface area (Å²) >= 11 is 0. The number of ether oxygens (including phenoxy) is 2. The van der Waals surface area contributed by atoms with Crippen molar-refractivity contribution in [2.75, 3.05) is 39.5 Å². The van der Waals surface area contributed by atoms with E-state index in [-0.39, 0.29) is 5.41 Å². The van der Waals surface area contributed by atoms with Crippen LogP contribution in [-0.4, -0.2) is 83.9 Å². The first-order chi connectivity index (χ1) is 16.7. The lowest BCUT2D eigenvalue weighted by molar-refractivity contribution is -0.193. The smallest absolute Gasteiger partial charge is 0.475 e. The molecule has 14 heteroatoms. The Morgan fingerprint density at radius 3 is 2.22 bits per heavy atom. The van der Waals surface area contributed by atoms with Gasteiger partial charge in [0, 0.05) is 50.0 Å². The molecule has 0 aromatic carbocycles. The third-order valence-electron chi connectivity index (χ3n) is 6.17. The number of hydrogen-bond donors (Lipinski definition) is 2. The fourth-order valence-electron chi connectivity index (χ4n) is 4.11. The Bertz CT molecular complexity index is 826. The van der Waals surface area contributed by atoms with Crippen LogP contribution in [0.2, 0.25) is 0 Å². The molecule has 0 radical (unpaired) electrons. The zero-order valence-electron chi connectivity index (χ0n) is 19.2. The van der Waals surface area contributed by atoms with Gasteiger partial charge in [-0.15, -0.1) is 0 Å². The Hall–Kier alpha value is -2.45. The number of hydrogen-bond acceptors (Lipinski definition) is 6. The molecule has 1 saturated carbocycles. The number of halogens is 6. The van der Waals surface area contributed by atoms with Crippen molar-refractivity contribution in [1.82, 2.24) is 9.88 Å². The third kappa shape index (κ3) is 9.21. The van der Waals surface area contributed by atoms with Crippen LogP contribution in [0.3, 0.4) is 0 Å². The van der Waals surface area contributed by atoms with Gasteiger partial charge in [-0.2, -0.15) is 26.3 Å². The van der Waals surface area contributed by atoms with Gasteiger partial charge in [0.05, 0.1) is 19.8 Å². The second-order valence-electron chi connectivity index (χ2n) is 9.02. The summed E-state index contributed by atoms with van der Waals surface area (Å²) in [6.07, 6.45) is -2.24. The highest BCUT2D eigenvalue weighted by Gasteiger charge is 2.50. The number of alkyl halides is 6. The molecule has 204 valence electrons. The third-order valence-corrected chi connectivity index (χ3v) is 6.17. The number of carbonyl (C=O) groups is 2. The van der Waals surface area contributed by atoms with Crippen molar-refractivity contribution in [3.05, 3.63) is 30.1 Å². The predicted octanol–water partition coefficient (Wildman–Crippen LogP) is 3.61. The summed E-state index contributed by atoms with van der Waals surface area (Å²) in [5, 5.41) is 14.2. The average molecular weight is 530 g/mol.